The molecule has 11 nitrogen and oxygen atoms in total. The summed E-state index contributed by atoms with van der Waals surface area (Å²) in [7, 11) is -2.00. The number of benzene rings is 1. The van der Waals surface area contributed by atoms with Gasteiger partial charge in [-0.25, -0.2) is 28.4 Å². The van der Waals surface area contributed by atoms with Gasteiger partial charge in [-0.2, -0.15) is 5.10 Å². The van der Waals surface area contributed by atoms with Crippen molar-refractivity contribution in [2.75, 3.05) is 28.2 Å². The molecule has 176 valence electrons. The number of rotatable bonds is 7. The molecule has 3 N–H and O–H groups in total. The van der Waals surface area contributed by atoms with Crippen LogP contribution in [0.15, 0.2) is 42.9 Å². The molecule has 0 spiro atoms. The maximum absolute atomic E-state index is 12.3. The first kappa shape index (κ1) is 23.1. The predicted octanol–water partition coefficient (Wildman–Crippen LogP) is 3.46. The van der Waals surface area contributed by atoms with Crippen molar-refractivity contribution < 1.29 is 8.42 Å². The summed E-state index contributed by atoms with van der Waals surface area (Å²) in [5.74, 6) is 2.28. The molecule has 0 amide bonds. The number of aromatic nitrogens is 6. The second kappa shape index (κ2) is 9.06. The maximum atomic E-state index is 12.3. The fourth-order valence-corrected chi connectivity index (χ4v) is 3.94. The van der Waals surface area contributed by atoms with E-state index in [2.05, 4.69) is 40.8 Å². The smallest absolute Gasteiger partial charge is 0.232 e. The molecular weight excluding hydrogens is 454 g/mol. The minimum atomic E-state index is -3.51. The first-order chi connectivity index (χ1) is 16.1. The van der Waals surface area contributed by atoms with Crippen LogP contribution in [0.1, 0.15) is 17.2 Å². The SMILES string of the molecule is Cc1cc(Nc2cc(Nc3ccc(-c4cn[nH]c4C)cc3N(C)S(C)(=O)=O)ncn2)nc(C)n1. The molecule has 3 heterocycles. The lowest BCUT2D eigenvalue weighted by atomic mass is 10.1. The van der Waals surface area contributed by atoms with E-state index < -0.39 is 10.0 Å². The molecule has 0 aliphatic rings. The van der Waals surface area contributed by atoms with Crippen molar-refractivity contribution in [1.29, 1.82) is 0 Å². The highest BCUT2D eigenvalue weighted by Gasteiger charge is 2.18. The highest BCUT2D eigenvalue weighted by molar-refractivity contribution is 7.92. The second-order valence-electron chi connectivity index (χ2n) is 7.85. The Morgan fingerprint density at radius 3 is 2.32 bits per heavy atom. The van der Waals surface area contributed by atoms with Gasteiger partial charge in [0.1, 0.15) is 29.6 Å². The van der Waals surface area contributed by atoms with Crippen LogP contribution in [0.25, 0.3) is 11.1 Å². The zero-order chi connectivity index (χ0) is 24.5. The van der Waals surface area contributed by atoms with Crippen LogP contribution in [0, 0.1) is 20.8 Å². The molecule has 0 bridgehead atoms. The molecule has 3 aromatic heterocycles. The molecule has 0 unspecified atom stereocenters. The molecule has 0 saturated heterocycles. The van der Waals surface area contributed by atoms with E-state index in [4.69, 9.17) is 0 Å². The fourth-order valence-electron chi connectivity index (χ4n) is 3.43. The van der Waals surface area contributed by atoms with Crippen molar-refractivity contribution >= 4 is 38.9 Å². The first-order valence-corrected chi connectivity index (χ1v) is 12.2. The van der Waals surface area contributed by atoms with E-state index >= 15 is 0 Å². The average molecular weight is 480 g/mol. The Kier molecular flexibility index (Phi) is 6.16. The minimum Gasteiger partial charge on any atom is -0.338 e. The van der Waals surface area contributed by atoms with Gasteiger partial charge in [-0.15, -0.1) is 0 Å². The lowest BCUT2D eigenvalue weighted by Gasteiger charge is -2.22. The number of nitrogens with zero attached hydrogens (tertiary/aromatic N) is 6. The molecule has 12 heteroatoms. The molecule has 1 aromatic carbocycles. The highest BCUT2D eigenvalue weighted by atomic mass is 32.2. The monoisotopic (exact) mass is 479 g/mol. The summed E-state index contributed by atoms with van der Waals surface area (Å²) < 4.78 is 25.9. The van der Waals surface area contributed by atoms with Crippen molar-refractivity contribution in [2.24, 2.45) is 0 Å². The van der Waals surface area contributed by atoms with Gasteiger partial charge in [0.25, 0.3) is 0 Å². The van der Waals surface area contributed by atoms with Crippen LogP contribution in [0.3, 0.4) is 0 Å². The maximum Gasteiger partial charge on any atom is 0.232 e. The third-order valence-electron chi connectivity index (χ3n) is 5.13. The molecule has 0 saturated carbocycles. The van der Waals surface area contributed by atoms with Crippen LogP contribution in [-0.2, 0) is 10.0 Å². The van der Waals surface area contributed by atoms with E-state index in [-0.39, 0.29) is 0 Å². The number of sulfonamides is 1. The molecule has 34 heavy (non-hydrogen) atoms. The fraction of sp³-hybridized carbons (Fsp3) is 0.227. The van der Waals surface area contributed by atoms with Crippen molar-refractivity contribution in [2.45, 2.75) is 20.8 Å². The van der Waals surface area contributed by atoms with Crippen LogP contribution < -0.4 is 14.9 Å². The number of nitrogens with one attached hydrogen (secondary N) is 3. The zero-order valence-corrected chi connectivity index (χ0v) is 20.3. The molecule has 0 atom stereocenters. The Morgan fingerprint density at radius 2 is 1.68 bits per heavy atom. The van der Waals surface area contributed by atoms with E-state index in [0.717, 1.165) is 28.8 Å². The van der Waals surface area contributed by atoms with Crippen molar-refractivity contribution in [3.63, 3.8) is 0 Å². The molecular formula is C22H25N9O2S. The number of hydrogen-bond acceptors (Lipinski definition) is 9. The van der Waals surface area contributed by atoms with Crippen molar-refractivity contribution in [1.82, 2.24) is 30.1 Å². The number of aromatic amines is 1. The molecule has 0 aliphatic carbocycles. The van der Waals surface area contributed by atoms with E-state index in [1.54, 1.807) is 18.3 Å². The Bertz CT molecular complexity index is 1430. The molecule has 4 aromatic rings. The quantitative estimate of drug-likeness (QED) is 0.363. The van der Waals surface area contributed by atoms with Crippen LogP contribution in [0.4, 0.5) is 28.8 Å². The van der Waals surface area contributed by atoms with Crippen molar-refractivity contribution in [3.8, 4) is 11.1 Å². The summed E-state index contributed by atoms with van der Waals surface area (Å²) in [6.07, 6.45) is 4.28. The van der Waals surface area contributed by atoms with Gasteiger partial charge in [0.15, 0.2) is 0 Å². The third kappa shape index (κ3) is 5.12. The van der Waals surface area contributed by atoms with E-state index in [1.165, 1.54) is 17.7 Å². The van der Waals surface area contributed by atoms with Gasteiger partial charge in [-0.1, -0.05) is 6.07 Å². The number of H-pyrrole nitrogens is 1. The minimum absolute atomic E-state index is 0.468. The van der Waals surface area contributed by atoms with Crippen LogP contribution in [0.2, 0.25) is 0 Å². The van der Waals surface area contributed by atoms with Gasteiger partial charge in [-0.05, 0) is 38.5 Å². The molecule has 4 rings (SSSR count). The average Bonchev–Trinajstić information content (AvgIpc) is 3.18. The van der Waals surface area contributed by atoms with Gasteiger partial charge in [0.2, 0.25) is 10.0 Å². The van der Waals surface area contributed by atoms with Gasteiger partial charge >= 0.3 is 0 Å². The zero-order valence-electron chi connectivity index (χ0n) is 19.4. The lowest BCUT2D eigenvalue weighted by molar-refractivity contribution is 0.600. The number of aryl methyl sites for hydroxylation is 3. The standard InChI is InChI=1S/C22H25N9O2S/c1-13-8-22(27-15(3)26-13)29-21-10-20(23-12-24-21)28-18-7-6-16(17-11-25-30-14(17)2)9-19(18)31(4)34(5,32)33/h6-12H,1-5H3,(H,25,30)(H2,23,24,26,27,28,29). The third-order valence-corrected chi connectivity index (χ3v) is 6.32. The Labute approximate surface area is 197 Å². The Morgan fingerprint density at radius 1 is 0.941 bits per heavy atom. The van der Waals surface area contributed by atoms with Gasteiger partial charge in [0, 0.05) is 36.1 Å². The summed E-state index contributed by atoms with van der Waals surface area (Å²) in [6, 6.07) is 9.04. The van der Waals surface area contributed by atoms with E-state index in [0.29, 0.717) is 34.7 Å². The van der Waals surface area contributed by atoms with Crippen LogP contribution >= 0.6 is 0 Å². The predicted molar refractivity (Wildman–Crippen MR) is 132 cm³/mol. The van der Waals surface area contributed by atoms with E-state index in [1.807, 2.05) is 39.0 Å². The summed E-state index contributed by atoms with van der Waals surface area (Å²) >= 11 is 0. The summed E-state index contributed by atoms with van der Waals surface area (Å²) in [4.78, 5) is 17.2. The summed E-state index contributed by atoms with van der Waals surface area (Å²) in [5, 5.41) is 13.3. The van der Waals surface area contributed by atoms with Crippen LogP contribution in [0.5, 0.6) is 0 Å². The molecule has 0 fully saturated rings. The molecule has 0 radical (unpaired) electrons. The largest absolute Gasteiger partial charge is 0.338 e. The number of anilines is 5. The summed E-state index contributed by atoms with van der Waals surface area (Å²) in [6.45, 7) is 5.62. The Balaban J connectivity index is 1.68. The molecule has 0 aliphatic heterocycles. The second-order valence-corrected chi connectivity index (χ2v) is 9.87. The first-order valence-electron chi connectivity index (χ1n) is 10.4. The highest BCUT2D eigenvalue weighted by Crippen LogP contribution is 2.34. The Hall–Kier alpha value is -4.06. The van der Waals surface area contributed by atoms with Gasteiger partial charge in [-0.3, -0.25) is 9.40 Å². The summed E-state index contributed by atoms with van der Waals surface area (Å²) in [5.41, 5.74) is 4.48. The van der Waals surface area contributed by atoms with Crippen molar-refractivity contribution in [3.05, 3.63) is 60.1 Å². The van der Waals surface area contributed by atoms with E-state index in [9.17, 15) is 8.42 Å². The topological polar surface area (TPSA) is 142 Å². The lowest BCUT2D eigenvalue weighted by Crippen LogP contribution is -2.25. The normalized spacial score (nSPS) is 11.3. The number of hydrogen-bond donors (Lipinski definition) is 3. The van der Waals surface area contributed by atoms with Gasteiger partial charge < -0.3 is 10.6 Å². The van der Waals surface area contributed by atoms with Gasteiger partial charge in [0.05, 0.1) is 23.8 Å². The van der Waals surface area contributed by atoms with Crippen LogP contribution in [-0.4, -0.2) is 51.9 Å².